The first-order chi connectivity index (χ1) is 6.45. The van der Waals surface area contributed by atoms with Gasteiger partial charge in [0.2, 0.25) is 0 Å². The first-order valence-corrected chi connectivity index (χ1v) is 4.39. The second-order valence-electron chi connectivity index (χ2n) is 3.20. The van der Waals surface area contributed by atoms with Crippen LogP contribution in [0.4, 0.5) is 0 Å². The van der Waals surface area contributed by atoms with Gasteiger partial charge in [0.05, 0.1) is 5.52 Å². The summed E-state index contributed by atoms with van der Waals surface area (Å²) in [6, 6.07) is 14.8. The summed E-state index contributed by atoms with van der Waals surface area (Å²) in [5.74, 6) is 0. The Labute approximate surface area is 76.6 Å². The molecule has 0 bridgehead atoms. The van der Waals surface area contributed by atoms with Gasteiger partial charge in [0.25, 0.3) is 0 Å². The number of hydrogen-bond donors (Lipinski definition) is 0. The average molecular weight is 167 g/mol. The Morgan fingerprint density at radius 2 is 1.54 bits per heavy atom. The molecule has 0 atom stereocenters. The highest BCUT2D eigenvalue weighted by Gasteiger charge is 2.03. The van der Waals surface area contributed by atoms with E-state index in [4.69, 9.17) is 0 Å². The molecule has 13 heavy (non-hydrogen) atoms. The lowest BCUT2D eigenvalue weighted by molar-refractivity contribution is 1.22. The van der Waals surface area contributed by atoms with Crippen molar-refractivity contribution in [1.29, 1.82) is 0 Å². The van der Waals surface area contributed by atoms with E-state index in [-0.39, 0.29) is 0 Å². The van der Waals surface area contributed by atoms with Crippen molar-refractivity contribution in [3.63, 3.8) is 0 Å². The first-order valence-electron chi connectivity index (χ1n) is 4.39. The zero-order valence-corrected chi connectivity index (χ0v) is 7.14. The number of hydrogen-bond acceptors (Lipinski definition) is 0. The van der Waals surface area contributed by atoms with Crippen LogP contribution in [0.25, 0.3) is 16.6 Å². The molecule has 0 fully saturated rings. The predicted octanol–water partition coefficient (Wildman–Crippen LogP) is 3.04. The van der Waals surface area contributed by atoms with Gasteiger partial charge in [0.15, 0.2) is 0 Å². The molecule has 1 aromatic heterocycles. The molecule has 62 valence electrons. The van der Waals surface area contributed by atoms with Gasteiger partial charge >= 0.3 is 0 Å². The van der Waals surface area contributed by atoms with Crippen molar-refractivity contribution in [3.05, 3.63) is 54.9 Å². The fraction of sp³-hybridized carbons (Fsp3) is 0. The van der Waals surface area contributed by atoms with Gasteiger partial charge in [-0.2, -0.15) is 0 Å². The number of fused-ring (bicyclic) bond motifs is 3. The van der Waals surface area contributed by atoms with Crippen molar-refractivity contribution in [2.45, 2.75) is 0 Å². The predicted molar refractivity (Wildman–Crippen MR) is 54.0 cm³/mol. The van der Waals surface area contributed by atoms with Crippen molar-refractivity contribution >= 4 is 5.52 Å². The van der Waals surface area contributed by atoms with E-state index in [9.17, 15) is 0 Å². The number of aromatic nitrogens is 1. The van der Waals surface area contributed by atoms with Crippen LogP contribution in [0.3, 0.4) is 0 Å². The number of nitrogens with zero attached hydrogens (tertiary/aromatic N) is 1. The fourth-order valence-electron chi connectivity index (χ4n) is 1.80. The van der Waals surface area contributed by atoms with Gasteiger partial charge in [-0.05, 0) is 23.8 Å². The van der Waals surface area contributed by atoms with Gasteiger partial charge in [-0.1, -0.05) is 24.3 Å². The van der Waals surface area contributed by atoms with Gasteiger partial charge in [-0.25, -0.2) is 0 Å². The Kier molecular flexibility index (Phi) is 1.22. The third-order valence-corrected chi connectivity index (χ3v) is 2.43. The topological polar surface area (TPSA) is 4.41 Å². The Morgan fingerprint density at radius 1 is 0.769 bits per heavy atom. The van der Waals surface area contributed by atoms with Crippen molar-refractivity contribution in [2.24, 2.45) is 0 Å². The molecule has 0 saturated carbocycles. The largest absolute Gasteiger partial charge is 0.323 e. The molecule has 0 N–H and O–H groups in total. The zero-order valence-electron chi connectivity index (χ0n) is 7.14. The second kappa shape index (κ2) is 2.36. The maximum atomic E-state index is 2.16. The molecule has 1 aliphatic carbocycles. The third-order valence-electron chi connectivity index (χ3n) is 2.43. The third kappa shape index (κ3) is 0.872. The minimum absolute atomic E-state index is 1.27. The van der Waals surface area contributed by atoms with Crippen LogP contribution in [-0.4, -0.2) is 4.40 Å². The van der Waals surface area contributed by atoms with E-state index in [1.54, 1.807) is 0 Å². The van der Waals surface area contributed by atoms with Crippen molar-refractivity contribution in [1.82, 2.24) is 4.40 Å². The van der Waals surface area contributed by atoms with E-state index in [1.165, 1.54) is 16.6 Å². The minimum atomic E-state index is 1.27. The lowest BCUT2D eigenvalue weighted by Crippen LogP contribution is -1.75. The molecule has 1 aliphatic heterocycles. The molecular weight excluding hydrogens is 158 g/mol. The molecule has 0 radical (unpaired) electrons. The molecule has 2 aliphatic rings. The van der Waals surface area contributed by atoms with Crippen molar-refractivity contribution in [2.75, 3.05) is 0 Å². The lowest BCUT2D eigenvalue weighted by atomic mass is 10.2. The van der Waals surface area contributed by atoms with Gasteiger partial charge in [0.1, 0.15) is 0 Å². The first kappa shape index (κ1) is 6.72. The van der Waals surface area contributed by atoms with Crippen LogP contribution >= 0.6 is 0 Å². The lowest BCUT2D eigenvalue weighted by Gasteiger charge is -1.93. The van der Waals surface area contributed by atoms with Gasteiger partial charge in [0, 0.05) is 18.0 Å². The Balaban J connectivity index is 2.58. The summed E-state index contributed by atoms with van der Waals surface area (Å²) in [5.41, 5.74) is 3.88. The Hall–Kier alpha value is -1.76. The summed E-state index contributed by atoms with van der Waals surface area (Å²) >= 11 is 0. The Morgan fingerprint density at radius 3 is 2.46 bits per heavy atom. The smallest absolute Gasteiger partial charge is 0.0528 e. The van der Waals surface area contributed by atoms with Crippen molar-refractivity contribution in [3.8, 4) is 11.1 Å². The van der Waals surface area contributed by atoms with Crippen LogP contribution in [0.5, 0.6) is 0 Å². The second-order valence-corrected chi connectivity index (χ2v) is 3.20. The number of rotatable bonds is 0. The standard InChI is InChI=1S/C12H9N/c1-4-10-5-2-8-13-9-3-7-12(13)11(10)6-1/h1-9H. The highest BCUT2D eigenvalue weighted by molar-refractivity contribution is 5.81. The molecule has 2 heterocycles. The summed E-state index contributed by atoms with van der Waals surface area (Å²) in [6.45, 7) is 0. The van der Waals surface area contributed by atoms with E-state index in [1.807, 2.05) is 0 Å². The molecule has 0 unspecified atom stereocenters. The molecule has 1 nitrogen and oxygen atoms in total. The molecule has 0 aromatic carbocycles. The summed E-state index contributed by atoms with van der Waals surface area (Å²) in [5, 5.41) is 0. The van der Waals surface area contributed by atoms with E-state index in [0.29, 0.717) is 0 Å². The van der Waals surface area contributed by atoms with E-state index >= 15 is 0 Å². The van der Waals surface area contributed by atoms with Crippen LogP contribution < -0.4 is 0 Å². The van der Waals surface area contributed by atoms with Crippen molar-refractivity contribution < 1.29 is 0 Å². The van der Waals surface area contributed by atoms with Crippen LogP contribution in [-0.2, 0) is 0 Å². The van der Waals surface area contributed by atoms with Gasteiger partial charge < -0.3 is 4.40 Å². The summed E-state index contributed by atoms with van der Waals surface area (Å²) < 4.78 is 2.14. The molecule has 1 heteroatoms. The molecular formula is C12H9N. The fourth-order valence-corrected chi connectivity index (χ4v) is 1.80. The highest BCUT2D eigenvalue weighted by Crippen LogP contribution is 2.26. The van der Waals surface area contributed by atoms with Crippen LogP contribution in [0.1, 0.15) is 0 Å². The average Bonchev–Trinajstić information content (AvgIpc) is 2.72. The summed E-state index contributed by atoms with van der Waals surface area (Å²) in [4.78, 5) is 0. The van der Waals surface area contributed by atoms with Crippen LogP contribution in [0, 0.1) is 0 Å². The van der Waals surface area contributed by atoms with E-state index in [2.05, 4.69) is 59.3 Å². The monoisotopic (exact) mass is 167 g/mol. The normalized spacial score (nSPS) is 11.1. The van der Waals surface area contributed by atoms with Gasteiger partial charge in [-0.15, -0.1) is 0 Å². The molecule has 3 rings (SSSR count). The minimum Gasteiger partial charge on any atom is -0.323 e. The summed E-state index contributed by atoms with van der Waals surface area (Å²) in [6.07, 6.45) is 4.15. The Bertz CT molecular complexity index is 522. The van der Waals surface area contributed by atoms with Gasteiger partial charge in [-0.3, -0.25) is 0 Å². The molecule has 0 amide bonds. The molecule has 0 spiro atoms. The quantitative estimate of drug-likeness (QED) is 0.484. The SMILES string of the molecule is c1cc2cccn3cccc3c-2c1. The van der Waals surface area contributed by atoms with Crippen LogP contribution in [0.15, 0.2) is 54.9 Å². The molecule has 1 aromatic rings. The summed E-state index contributed by atoms with van der Waals surface area (Å²) in [7, 11) is 0. The molecule has 0 saturated heterocycles. The zero-order chi connectivity index (χ0) is 8.67. The maximum Gasteiger partial charge on any atom is 0.0528 e. The highest BCUT2D eigenvalue weighted by atomic mass is 14.8. The van der Waals surface area contributed by atoms with Crippen LogP contribution in [0.2, 0.25) is 0 Å². The van der Waals surface area contributed by atoms with E-state index in [0.717, 1.165) is 0 Å². The maximum absolute atomic E-state index is 2.16. The van der Waals surface area contributed by atoms with E-state index < -0.39 is 0 Å².